The summed E-state index contributed by atoms with van der Waals surface area (Å²) in [4.78, 5) is 0. The maximum Gasteiger partial charge on any atom is 0.0591 e. The molecule has 0 saturated carbocycles. The van der Waals surface area contributed by atoms with Crippen LogP contribution in [0.1, 0.15) is 0 Å². The van der Waals surface area contributed by atoms with Crippen molar-refractivity contribution in [3.63, 3.8) is 0 Å². The quantitative estimate of drug-likeness (QED) is 0.510. The summed E-state index contributed by atoms with van der Waals surface area (Å²) in [5.41, 5.74) is 0. The van der Waals surface area contributed by atoms with Gasteiger partial charge >= 0.3 is 0 Å². The second kappa shape index (κ2) is 13.2. The fourth-order valence-corrected chi connectivity index (χ4v) is 1.55. The smallest absolute Gasteiger partial charge is 0.0591 e. The Morgan fingerprint density at radius 3 is 0.667 bits per heavy atom. The van der Waals surface area contributed by atoms with Crippen molar-refractivity contribution in [1.29, 1.82) is 0 Å². The Morgan fingerprint density at radius 1 is 0.389 bits per heavy atom. The van der Waals surface area contributed by atoms with Crippen LogP contribution in [0.15, 0.2) is 0 Å². The highest BCUT2D eigenvalue weighted by molar-refractivity contribution is 4.50. The van der Waals surface area contributed by atoms with Gasteiger partial charge in [-0.2, -0.15) is 0 Å². The highest BCUT2D eigenvalue weighted by Crippen LogP contribution is 1.77. The molecule has 108 valence electrons. The summed E-state index contributed by atoms with van der Waals surface area (Å²) in [5, 5.41) is 9.48. The normalized spacial score (nSPS) is 24.0. The molecule has 18 heavy (non-hydrogen) atoms. The number of nitrogens with one attached hydrogen (secondary N) is 3. The predicted octanol–water partition coefficient (Wildman–Crippen LogP) is -1.18. The lowest BCUT2D eigenvalue weighted by molar-refractivity contribution is 0.109. The molecule has 0 spiro atoms. The lowest BCUT2D eigenvalue weighted by Crippen LogP contribution is -2.30. The Bertz CT molecular complexity index is 97.6. The first-order valence-electron chi connectivity index (χ1n) is 6.85. The van der Waals surface area contributed by atoms with Crippen LogP contribution in [0.2, 0.25) is 0 Å². The molecule has 0 radical (unpaired) electrons. The molecule has 3 heterocycles. The molecule has 3 N–H and O–H groups in total. The predicted molar refractivity (Wildman–Crippen MR) is 71.1 cm³/mol. The zero-order chi connectivity index (χ0) is 12.7. The van der Waals surface area contributed by atoms with Crippen molar-refractivity contribution in [2.45, 2.75) is 0 Å². The SMILES string of the molecule is C1COCCN1.C1COCCN1.C1COCCN1. The van der Waals surface area contributed by atoms with E-state index in [-0.39, 0.29) is 0 Å². The van der Waals surface area contributed by atoms with Crippen LogP contribution in [0, 0.1) is 0 Å². The molecule has 0 aliphatic carbocycles. The zero-order valence-corrected chi connectivity index (χ0v) is 11.2. The zero-order valence-electron chi connectivity index (χ0n) is 11.2. The second-order valence-electron chi connectivity index (χ2n) is 4.09. The first-order chi connectivity index (χ1) is 9.00. The van der Waals surface area contributed by atoms with Gasteiger partial charge in [-0.3, -0.25) is 0 Å². The van der Waals surface area contributed by atoms with Gasteiger partial charge < -0.3 is 30.2 Å². The van der Waals surface area contributed by atoms with E-state index in [1.807, 2.05) is 0 Å². The van der Waals surface area contributed by atoms with Crippen LogP contribution in [0.3, 0.4) is 0 Å². The van der Waals surface area contributed by atoms with Crippen molar-refractivity contribution in [3.8, 4) is 0 Å². The molecule has 3 saturated heterocycles. The molecule has 0 amide bonds. The summed E-state index contributed by atoms with van der Waals surface area (Å²) >= 11 is 0. The molecule has 0 bridgehead atoms. The highest BCUT2D eigenvalue weighted by atomic mass is 16.5. The molecule has 3 aliphatic rings. The molecule has 6 nitrogen and oxygen atoms in total. The van der Waals surface area contributed by atoms with E-state index in [0.717, 1.165) is 78.9 Å². The Labute approximate surface area is 110 Å². The van der Waals surface area contributed by atoms with E-state index in [0.29, 0.717) is 0 Å². The Morgan fingerprint density at radius 2 is 0.611 bits per heavy atom. The fourth-order valence-electron chi connectivity index (χ4n) is 1.55. The van der Waals surface area contributed by atoms with Gasteiger partial charge in [0.05, 0.1) is 39.6 Å². The van der Waals surface area contributed by atoms with Gasteiger partial charge in [0.1, 0.15) is 0 Å². The standard InChI is InChI=1S/3C4H9NO/c3*1-3-6-4-2-5-1/h3*5H,1-4H2. The van der Waals surface area contributed by atoms with Crippen molar-refractivity contribution in [3.05, 3.63) is 0 Å². The maximum absolute atomic E-state index is 5.01. The van der Waals surface area contributed by atoms with Crippen molar-refractivity contribution in [2.75, 3.05) is 78.9 Å². The molecular weight excluding hydrogens is 234 g/mol. The first-order valence-corrected chi connectivity index (χ1v) is 6.85. The summed E-state index contributed by atoms with van der Waals surface area (Å²) in [7, 11) is 0. The Balaban J connectivity index is 0.000000135. The van der Waals surface area contributed by atoms with Gasteiger partial charge in [-0.15, -0.1) is 0 Å². The topological polar surface area (TPSA) is 63.8 Å². The van der Waals surface area contributed by atoms with Crippen LogP contribution in [0.4, 0.5) is 0 Å². The van der Waals surface area contributed by atoms with E-state index >= 15 is 0 Å². The van der Waals surface area contributed by atoms with Gasteiger partial charge in [0, 0.05) is 39.3 Å². The van der Waals surface area contributed by atoms with Gasteiger partial charge in [0.15, 0.2) is 0 Å². The van der Waals surface area contributed by atoms with Crippen LogP contribution in [0.5, 0.6) is 0 Å². The third-order valence-electron chi connectivity index (χ3n) is 2.54. The Kier molecular flexibility index (Phi) is 11.6. The number of morpholine rings is 3. The number of ether oxygens (including phenoxy) is 3. The van der Waals surface area contributed by atoms with E-state index in [1.165, 1.54) is 0 Å². The minimum atomic E-state index is 0.889. The highest BCUT2D eigenvalue weighted by Gasteiger charge is 1.94. The third-order valence-corrected chi connectivity index (χ3v) is 2.54. The summed E-state index contributed by atoms with van der Waals surface area (Å²) in [6.07, 6.45) is 0. The van der Waals surface area contributed by atoms with Gasteiger partial charge in [-0.25, -0.2) is 0 Å². The molecule has 0 unspecified atom stereocenters. The summed E-state index contributed by atoms with van der Waals surface area (Å²) in [6, 6.07) is 0. The van der Waals surface area contributed by atoms with Gasteiger partial charge in [-0.1, -0.05) is 0 Å². The van der Waals surface area contributed by atoms with Gasteiger partial charge in [-0.05, 0) is 0 Å². The summed E-state index contributed by atoms with van der Waals surface area (Å²) < 4.78 is 15.0. The van der Waals surface area contributed by atoms with Crippen LogP contribution in [-0.4, -0.2) is 78.9 Å². The Hall–Kier alpha value is -0.240. The van der Waals surface area contributed by atoms with E-state index in [2.05, 4.69) is 16.0 Å². The number of rotatable bonds is 0. The monoisotopic (exact) mass is 261 g/mol. The fraction of sp³-hybridized carbons (Fsp3) is 1.00. The van der Waals surface area contributed by atoms with Crippen LogP contribution < -0.4 is 16.0 Å². The minimum Gasteiger partial charge on any atom is -0.379 e. The molecule has 3 rings (SSSR count). The summed E-state index contributed by atoms with van der Waals surface area (Å²) in [6.45, 7) is 11.5. The van der Waals surface area contributed by atoms with Crippen molar-refractivity contribution in [2.24, 2.45) is 0 Å². The average Bonchev–Trinajstić information content (AvgIpc) is 2.54. The molecular formula is C12H27N3O3. The van der Waals surface area contributed by atoms with E-state index in [1.54, 1.807) is 0 Å². The van der Waals surface area contributed by atoms with Crippen LogP contribution in [0.25, 0.3) is 0 Å². The number of hydrogen-bond acceptors (Lipinski definition) is 6. The molecule has 3 aliphatic heterocycles. The summed E-state index contributed by atoms with van der Waals surface area (Å²) in [5.74, 6) is 0. The second-order valence-corrected chi connectivity index (χ2v) is 4.09. The molecule has 3 fully saturated rings. The van der Waals surface area contributed by atoms with Crippen LogP contribution in [-0.2, 0) is 14.2 Å². The average molecular weight is 261 g/mol. The maximum atomic E-state index is 5.01. The van der Waals surface area contributed by atoms with Crippen molar-refractivity contribution < 1.29 is 14.2 Å². The van der Waals surface area contributed by atoms with Gasteiger partial charge in [0.2, 0.25) is 0 Å². The first kappa shape index (κ1) is 15.8. The lowest BCUT2D eigenvalue weighted by Gasteiger charge is -2.10. The van der Waals surface area contributed by atoms with E-state index < -0.39 is 0 Å². The van der Waals surface area contributed by atoms with E-state index in [9.17, 15) is 0 Å². The van der Waals surface area contributed by atoms with Crippen molar-refractivity contribution >= 4 is 0 Å². The van der Waals surface area contributed by atoms with E-state index in [4.69, 9.17) is 14.2 Å². The lowest BCUT2D eigenvalue weighted by atomic mass is 10.5. The largest absolute Gasteiger partial charge is 0.379 e. The third kappa shape index (κ3) is 10.9. The molecule has 6 heteroatoms. The minimum absolute atomic E-state index is 0.889. The number of hydrogen-bond donors (Lipinski definition) is 3. The molecule has 0 aromatic rings. The van der Waals surface area contributed by atoms with Gasteiger partial charge in [0.25, 0.3) is 0 Å². The molecule has 0 aromatic heterocycles. The van der Waals surface area contributed by atoms with Crippen molar-refractivity contribution in [1.82, 2.24) is 16.0 Å². The van der Waals surface area contributed by atoms with Crippen LogP contribution >= 0.6 is 0 Å². The molecule has 0 atom stereocenters. The molecule has 0 aromatic carbocycles.